The predicted octanol–water partition coefficient (Wildman–Crippen LogP) is 2.74. The maximum Gasteiger partial charge on any atom is 0.226 e. The van der Waals surface area contributed by atoms with E-state index in [9.17, 15) is 4.79 Å². The van der Waals surface area contributed by atoms with E-state index in [2.05, 4.69) is 4.99 Å². The summed E-state index contributed by atoms with van der Waals surface area (Å²) in [6.45, 7) is 2.78. The normalized spacial score (nSPS) is 16.8. The fourth-order valence-electron chi connectivity index (χ4n) is 2.27. The molecule has 0 radical (unpaired) electrons. The largest absolute Gasteiger partial charge is 0.386 e. The van der Waals surface area contributed by atoms with Crippen LogP contribution < -0.4 is 10.6 Å². The van der Waals surface area contributed by atoms with Gasteiger partial charge in [-0.05, 0) is 43.5 Å². The fraction of sp³-hybridized carbons (Fsp3) is 0.429. The summed E-state index contributed by atoms with van der Waals surface area (Å²) >= 11 is 5.61. The number of anilines is 1. The van der Waals surface area contributed by atoms with Crippen LogP contribution in [-0.2, 0) is 4.79 Å². The number of hydrogen-bond acceptors (Lipinski definition) is 2. The molecule has 0 aromatic heterocycles. The molecule has 1 amide bonds. The highest BCUT2D eigenvalue weighted by Gasteiger charge is 2.20. The van der Waals surface area contributed by atoms with Crippen LogP contribution >= 0.6 is 11.6 Å². The lowest BCUT2D eigenvalue weighted by Gasteiger charge is -2.28. The van der Waals surface area contributed by atoms with Crippen LogP contribution in [0.3, 0.4) is 0 Å². The number of halogens is 1. The van der Waals surface area contributed by atoms with Crippen molar-refractivity contribution >= 4 is 34.7 Å². The lowest BCUT2D eigenvalue weighted by Crippen LogP contribution is -2.35. The third-order valence-electron chi connectivity index (χ3n) is 3.20. The molecule has 0 aliphatic carbocycles. The molecule has 1 saturated heterocycles. The van der Waals surface area contributed by atoms with Gasteiger partial charge in [-0.3, -0.25) is 4.79 Å². The van der Waals surface area contributed by atoms with Crippen molar-refractivity contribution in [3.05, 3.63) is 23.8 Å². The topological polar surface area (TPSA) is 58.7 Å². The summed E-state index contributed by atoms with van der Waals surface area (Å²) in [4.78, 5) is 18.0. The van der Waals surface area contributed by atoms with Crippen molar-refractivity contribution in [3.63, 3.8) is 0 Å². The minimum Gasteiger partial charge on any atom is -0.386 e. The summed E-state index contributed by atoms with van der Waals surface area (Å²) < 4.78 is 0. The number of amidine groups is 1. The molecule has 1 aliphatic heterocycles. The quantitative estimate of drug-likeness (QED) is 0.525. The van der Waals surface area contributed by atoms with Gasteiger partial charge in [-0.2, -0.15) is 0 Å². The summed E-state index contributed by atoms with van der Waals surface area (Å²) in [6.07, 6.45) is 2.69. The van der Waals surface area contributed by atoms with Crippen molar-refractivity contribution in [2.24, 2.45) is 10.7 Å². The van der Waals surface area contributed by atoms with Crippen molar-refractivity contribution in [2.75, 3.05) is 17.3 Å². The first-order valence-corrected chi connectivity index (χ1v) is 6.95. The Labute approximate surface area is 118 Å². The maximum absolute atomic E-state index is 11.9. The second-order valence-electron chi connectivity index (χ2n) is 4.71. The molecule has 5 heteroatoms. The summed E-state index contributed by atoms with van der Waals surface area (Å²) in [7, 11) is 0. The molecule has 4 nitrogen and oxygen atoms in total. The Morgan fingerprint density at radius 1 is 1.47 bits per heavy atom. The van der Waals surface area contributed by atoms with Gasteiger partial charge < -0.3 is 10.6 Å². The average molecular weight is 280 g/mol. The van der Waals surface area contributed by atoms with E-state index in [0.717, 1.165) is 36.3 Å². The fourth-order valence-corrected chi connectivity index (χ4v) is 2.33. The highest BCUT2D eigenvalue weighted by Crippen LogP contribution is 2.28. The van der Waals surface area contributed by atoms with E-state index in [4.69, 9.17) is 17.3 Å². The molecular weight excluding hydrogens is 262 g/mol. The number of alkyl halides is 1. The molecule has 1 heterocycles. The minimum atomic E-state index is 0.200. The summed E-state index contributed by atoms with van der Waals surface area (Å²) in [5.41, 5.74) is 8.37. The molecule has 1 aromatic rings. The van der Waals surface area contributed by atoms with Crippen LogP contribution in [-0.4, -0.2) is 24.2 Å². The molecule has 19 heavy (non-hydrogen) atoms. The van der Waals surface area contributed by atoms with Crippen LogP contribution in [0, 0.1) is 6.92 Å². The standard InChI is InChI=1S/C14H18ClN3O/c1-10-8-11(17-13(16)9-15)5-6-12(10)18-7-3-2-4-14(18)19/h5-6,8H,2-4,7,9H2,1H3,(H2,16,17). The molecule has 1 aliphatic rings. The van der Waals surface area contributed by atoms with E-state index in [0.29, 0.717) is 12.3 Å². The van der Waals surface area contributed by atoms with Gasteiger partial charge in [-0.25, -0.2) is 4.99 Å². The van der Waals surface area contributed by atoms with Crippen LogP contribution in [0.15, 0.2) is 23.2 Å². The summed E-state index contributed by atoms with van der Waals surface area (Å²) in [5.74, 6) is 0.805. The van der Waals surface area contributed by atoms with E-state index in [-0.39, 0.29) is 11.8 Å². The Morgan fingerprint density at radius 3 is 2.89 bits per heavy atom. The molecule has 102 valence electrons. The number of rotatable bonds is 3. The minimum absolute atomic E-state index is 0.200. The van der Waals surface area contributed by atoms with E-state index < -0.39 is 0 Å². The molecular formula is C14H18ClN3O. The summed E-state index contributed by atoms with van der Waals surface area (Å²) in [6, 6.07) is 5.72. The van der Waals surface area contributed by atoms with E-state index >= 15 is 0 Å². The van der Waals surface area contributed by atoms with Crippen molar-refractivity contribution in [2.45, 2.75) is 26.2 Å². The lowest BCUT2D eigenvalue weighted by molar-refractivity contribution is -0.119. The Hall–Kier alpha value is -1.55. The van der Waals surface area contributed by atoms with Crippen molar-refractivity contribution < 1.29 is 4.79 Å². The molecule has 0 spiro atoms. The van der Waals surface area contributed by atoms with Gasteiger partial charge in [0.2, 0.25) is 5.91 Å². The Kier molecular flexibility index (Phi) is 4.43. The number of hydrogen-bond donors (Lipinski definition) is 1. The Balaban J connectivity index is 2.26. The maximum atomic E-state index is 11.9. The lowest BCUT2D eigenvalue weighted by atomic mass is 10.1. The van der Waals surface area contributed by atoms with Crippen molar-refractivity contribution in [1.29, 1.82) is 0 Å². The zero-order valence-corrected chi connectivity index (χ0v) is 11.8. The van der Waals surface area contributed by atoms with Crippen molar-refractivity contribution in [1.82, 2.24) is 0 Å². The first kappa shape index (κ1) is 13.9. The van der Waals surface area contributed by atoms with Gasteiger partial charge in [-0.1, -0.05) is 0 Å². The molecule has 0 saturated carbocycles. The van der Waals surface area contributed by atoms with Gasteiger partial charge in [0.05, 0.1) is 11.6 Å². The second kappa shape index (κ2) is 6.06. The first-order chi connectivity index (χ1) is 9.11. The number of carbonyl (C=O) groups excluding carboxylic acids is 1. The smallest absolute Gasteiger partial charge is 0.226 e. The van der Waals surface area contributed by atoms with Crippen LogP contribution in [0.4, 0.5) is 11.4 Å². The van der Waals surface area contributed by atoms with E-state index in [1.165, 1.54) is 0 Å². The van der Waals surface area contributed by atoms with Gasteiger partial charge in [0.15, 0.2) is 0 Å². The number of piperidine rings is 1. The van der Waals surface area contributed by atoms with Crippen LogP contribution in [0.25, 0.3) is 0 Å². The third-order valence-corrected chi connectivity index (χ3v) is 3.48. The first-order valence-electron chi connectivity index (χ1n) is 6.42. The number of carbonyl (C=O) groups is 1. The van der Waals surface area contributed by atoms with Gasteiger partial charge in [0, 0.05) is 18.7 Å². The Morgan fingerprint density at radius 2 is 2.26 bits per heavy atom. The number of nitrogens with zero attached hydrogens (tertiary/aromatic N) is 2. The number of amides is 1. The monoisotopic (exact) mass is 279 g/mol. The third kappa shape index (κ3) is 3.26. The zero-order valence-electron chi connectivity index (χ0n) is 11.0. The SMILES string of the molecule is Cc1cc(N=C(N)CCl)ccc1N1CCCCC1=O. The molecule has 0 bridgehead atoms. The van der Waals surface area contributed by atoms with Crippen molar-refractivity contribution in [3.8, 4) is 0 Å². The van der Waals surface area contributed by atoms with Gasteiger partial charge in [-0.15, -0.1) is 11.6 Å². The molecule has 2 rings (SSSR count). The summed E-state index contributed by atoms with van der Waals surface area (Å²) in [5, 5.41) is 0. The average Bonchev–Trinajstić information content (AvgIpc) is 2.40. The molecule has 0 atom stereocenters. The molecule has 0 unspecified atom stereocenters. The molecule has 1 fully saturated rings. The highest BCUT2D eigenvalue weighted by molar-refractivity contribution is 6.28. The van der Waals surface area contributed by atoms with Crippen LogP contribution in [0.1, 0.15) is 24.8 Å². The number of aryl methyl sites for hydroxylation is 1. The van der Waals surface area contributed by atoms with Gasteiger partial charge in [0.25, 0.3) is 0 Å². The molecule has 1 aromatic carbocycles. The van der Waals surface area contributed by atoms with Gasteiger partial charge >= 0.3 is 0 Å². The highest BCUT2D eigenvalue weighted by atomic mass is 35.5. The number of benzene rings is 1. The second-order valence-corrected chi connectivity index (χ2v) is 4.98. The Bertz CT molecular complexity index is 513. The van der Waals surface area contributed by atoms with E-state index in [1.807, 2.05) is 30.0 Å². The number of nitrogens with two attached hydrogens (primary N) is 1. The zero-order chi connectivity index (χ0) is 13.8. The van der Waals surface area contributed by atoms with Gasteiger partial charge in [0.1, 0.15) is 5.84 Å². The van der Waals surface area contributed by atoms with Crippen LogP contribution in [0.5, 0.6) is 0 Å². The number of aliphatic imine (C=N–C) groups is 1. The molecule has 2 N–H and O–H groups in total. The predicted molar refractivity (Wildman–Crippen MR) is 79.4 cm³/mol. The van der Waals surface area contributed by atoms with Crippen LogP contribution in [0.2, 0.25) is 0 Å². The van der Waals surface area contributed by atoms with E-state index in [1.54, 1.807) is 0 Å².